The summed E-state index contributed by atoms with van der Waals surface area (Å²) in [6, 6.07) is 6.72. The maximum Gasteiger partial charge on any atom is 0.207 e. The summed E-state index contributed by atoms with van der Waals surface area (Å²) in [5.74, 6) is 0.721. The van der Waals surface area contributed by atoms with Gasteiger partial charge in [0, 0.05) is 44.6 Å². The van der Waals surface area contributed by atoms with Crippen LogP contribution >= 0.6 is 0 Å². The Labute approximate surface area is 124 Å². The zero-order valence-electron chi connectivity index (χ0n) is 12.1. The number of rotatable bonds is 7. The van der Waals surface area contributed by atoms with Crippen molar-refractivity contribution in [2.75, 3.05) is 31.8 Å². The second kappa shape index (κ2) is 6.73. The number of anilines is 1. The van der Waals surface area contributed by atoms with E-state index in [0.717, 1.165) is 24.6 Å². The molecule has 7 heteroatoms. The van der Waals surface area contributed by atoms with Crippen molar-refractivity contribution < 1.29 is 13.2 Å². The van der Waals surface area contributed by atoms with Gasteiger partial charge in [-0.2, -0.15) is 0 Å². The second-order valence-corrected chi connectivity index (χ2v) is 6.68. The third-order valence-electron chi connectivity index (χ3n) is 2.99. The number of benzene rings is 1. The highest BCUT2D eigenvalue weighted by atomic mass is 32.2. The summed E-state index contributed by atoms with van der Waals surface area (Å²) >= 11 is 0. The smallest absolute Gasteiger partial charge is 0.207 e. The van der Waals surface area contributed by atoms with Gasteiger partial charge in [-0.15, -0.1) is 0 Å². The Bertz CT molecular complexity index is 678. The molecular formula is C14H19N3O3S. The predicted octanol–water partition coefficient (Wildman–Crippen LogP) is 1.72. The monoisotopic (exact) mass is 309 g/mol. The van der Waals surface area contributed by atoms with Crippen LogP contribution in [-0.4, -0.2) is 44.5 Å². The van der Waals surface area contributed by atoms with Gasteiger partial charge in [0.1, 0.15) is 0 Å². The van der Waals surface area contributed by atoms with Crippen molar-refractivity contribution in [2.45, 2.75) is 11.3 Å². The molecule has 0 aliphatic rings. The van der Waals surface area contributed by atoms with Gasteiger partial charge in [0.2, 0.25) is 5.95 Å². The molecule has 2 rings (SSSR count). The molecule has 0 spiro atoms. The minimum Gasteiger partial charge on any atom is -0.385 e. The molecule has 1 aromatic heterocycles. The van der Waals surface area contributed by atoms with Gasteiger partial charge >= 0.3 is 0 Å². The number of hydrogen-bond acceptors (Lipinski definition) is 5. The third kappa shape index (κ3) is 4.05. The highest BCUT2D eigenvalue weighted by molar-refractivity contribution is 7.90. The average molecular weight is 309 g/mol. The molecule has 0 aliphatic heterocycles. The summed E-state index contributed by atoms with van der Waals surface area (Å²) in [4.78, 5) is 4.56. The van der Waals surface area contributed by atoms with E-state index in [-0.39, 0.29) is 0 Å². The summed E-state index contributed by atoms with van der Waals surface area (Å²) in [6.07, 6.45) is 5.61. The molecule has 0 fully saturated rings. The Morgan fingerprint density at radius 2 is 2.00 bits per heavy atom. The molecule has 0 radical (unpaired) electrons. The minimum absolute atomic E-state index is 0.306. The van der Waals surface area contributed by atoms with Crippen molar-refractivity contribution >= 4 is 15.8 Å². The van der Waals surface area contributed by atoms with E-state index in [1.807, 2.05) is 10.8 Å². The molecule has 1 heterocycles. The van der Waals surface area contributed by atoms with Crippen LogP contribution in [0.3, 0.4) is 0 Å². The molecule has 0 atom stereocenters. The van der Waals surface area contributed by atoms with Crippen LogP contribution in [0.1, 0.15) is 6.42 Å². The Kier molecular flexibility index (Phi) is 4.98. The van der Waals surface area contributed by atoms with Gasteiger partial charge < -0.3 is 10.1 Å². The first-order valence-corrected chi connectivity index (χ1v) is 8.48. The van der Waals surface area contributed by atoms with Crippen LogP contribution in [0.4, 0.5) is 5.95 Å². The maximum absolute atomic E-state index is 11.5. The third-order valence-corrected chi connectivity index (χ3v) is 4.12. The standard InChI is InChI=1S/C14H19N3O3S/c1-20-11-3-8-15-14-16-9-10-17(14)12-4-6-13(7-5-12)21(2,18)19/h4-7,9-10H,3,8,11H2,1-2H3,(H,15,16). The van der Waals surface area contributed by atoms with Gasteiger partial charge in [0.25, 0.3) is 0 Å². The van der Waals surface area contributed by atoms with E-state index in [1.165, 1.54) is 6.26 Å². The van der Waals surface area contributed by atoms with Gasteiger partial charge in [-0.3, -0.25) is 4.57 Å². The molecule has 0 bridgehead atoms. The fourth-order valence-electron chi connectivity index (χ4n) is 1.91. The fraction of sp³-hybridized carbons (Fsp3) is 0.357. The lowest BCUT2D eigenvalue weighted by Crippen LogP contribution is -2.09. The first-order valence-electron chi connectivity index (χ1n) is 6.59. The molecule has 0 saturated carbocycles. The maximum atomic E-state index is 11.5. The number of imidazole rings is 1. The van der Waals surface area contributed by atoms with Crippen molar-refractivity contribution in [3.63, 3.8) is 0 Å². The summed E-state index contributed by atoms with van der Waals surface area (Å²) < 4.78 is 29.8. The Morgan fingerprint density at radius 3 is 2.62 bits per heavy atom. The van der Waals surface area contributed by atoms with E-state index in [1.54, 1.807) is 37.6 Å². The first-order chi connectivity index (χ1) is 10.0. The van der Waals surface area contributed by atoms with Gasteiger partial charge in [-0.25, -0.2) is 13.4 Å². The van der Waals surface area contributed by atoms with Crippen molar-refractivity contribution in [1.82, 2.24) is 9.55 Å². The van der Waals surface area contributed by atoms with Crippen LogP contribution in [0.5, 0.6) is 0 Å². The van der Waals surface area contributed by atoms with Crippen LogP contribution in [-0.2, 0) is 14.6 Å². The lowest BCUT2D eigenvalue weighted by Gasteiger charge is -2.10. The van der Waals surface area contributed by atoms with E-state index in [9.17, 15) is 8.42 Å². The highest BCUT2D eigenvalue weighted by Gasteiger charge is 2.08. The Hall–Kier alpha value is -1.86. The molecule has 114 valence electrons. The van der Waals surface area contributed by atoms with E-state index in [0.29, 0.717) is 11.5 Å². The number of aromatic nitrogens is 2. The Morgan fingerprint density at radius 1 is 1.29 bits per heavy atom. The molecule has 1 aromatic carbocycles. The van der Waals surface area contributed by atoms with Crippen molar-refractivity contribution in [3.8, 4) is 5.69 Å². The molecule has 2 aromatic rings. The lowest BCUT2D eigenvalue weighted by atomic mass is 10.3. The summed E-state index contributed by atoms with van der Waals surface area (Å²) in [6.45, 7) is 1.45. The van der Waals surface area contributed by atoms with E-state index in [4.69, 9.17) is 4.74 Å². The van der Waals surface area contributed by atoms with Crippen LogP contribution in [0, 0.1) is 0 Å². The number of sulfone groups is 1. The van der Waals surface area contributed by atoms with Crippen molar-refractivity contribution in [1.29, 1.82) is 0 Å². The zero-order chi connectivity index (χ0) is 15.3. The fourth-order valence-corrected chi connectivity index (χ4v) is 2.54. The van der Waals surface area contributed by atoms with Crippen LogP contribution in [0.2, 0.25) is 0 Å². The molecule has 0 amide bonds. The van der Waals surface area contributed by atoms with Crippen LogP contribution < -0.4 is 5.32 Å². The zero-order valence-corrected chi connectivity index (χ0v) is 12.9. The largest absolute Gasteiger partial charge is 0.385 e. The number of ether oxygens (including phenoxy) is 1. The second-order valence-electron chi connectivity index (χ2n) is 4.66. The molecule has 21 heavy (non-hydrogen) atoms. The summed E-state index contributed by atoms with van der Waals surface area (Å²) in [5, 5.41) is 3.23. The molecule has 0 unspecified atom stereocenters. The molecular weight excluding hydrogens is 290 g/mol. The number of nitrogens with zero attached hydrogens (tertiary/aromatic N) is 2. The number of methoxy groups -OCH3 is 1. The summed E-state index contributed by atoms with van der Waals surface area (Å²) in [5.41, 5.74) is 0.856. The topological polar surface area (TPSA) is 73.2 Å². The van der Waals surface area contributed by atoms with Crippen molar-refractivity contribution in [2.24, 2.45) is 0 Å². The van der Waals surface area contributed by atoms with Gasteiger partial charge in [0.05, 0.1) is 4.90 Å². The van der Waals surface area contributed by atoms with Crippen LogP contribution in [0.15, 0.2) is 41.6 Å². The van der Waals surface area contributed by atoms with E-state index >= 15 is 0 Å². The predicted molar refractivity (Wildman–Crippen MR) is 81.7 cm³/mol. The van der Waals surface area contributed by atoms with E-state index in [2.05, 4.69) is 10.3 Å². The lowest BCUT2D eigenvalue weighted by molar-refractivity contribution is 0.197. The number of nitrogens with one attached hydrogen (secondary N) is 1. The van der Waals surface area contributed by atoms with E-state index < -0.39 is 9.84 Å². The number of hydrogen-bond donors (Lipinski definition) is 1. The Balaban J connectivity index is 2.13. The normalized spacial score (nSPS) is 11.5. The van der Waals surface area contributed by atoms with Gasteiger partial charge in [-0.05, 0) is 30.7 Å². The van der Waals surface area contributed by atoms with Crippen molar-refractivity contribution in [3.05, 3.63) is 36.7 Å². The molecule has 0 saturated heterocycles. The molecule has 1 N–H and O–H groups in total. The van der Waals surface area contributed by atoms with Crippen LogP contribution in [0.25, 0.3) is 5.69 Å². The SMILES string of the molecule is COCCCNc1nccn1-c1ccc(S(C)(=O)=O)cc1. The van der Waals surface area contributed by atoms with Gasteiger partial charge in [-0.1, -0.05) is 0 Å². The highest BCUT2D eigenvalue weighted by Crippen LogP contribution is 2.17. The van der Waals surface area contributed by atoms with Gasteiger partial charge in [0.15, 0.2) is 9.84 Å². The molecule has 6 nitrogen and oxygen atoms in total. The quantitative estimate of drug-likeness (QED) is 0.788. The molecule has 0 aliphatic carbocycles. The summed E-state index contributed by atoms with van der Waals surface area (Å²) in [7, 11) is -1.50. The first kappa shape index (κ1) is 15.5. The average Bonchev–Trinajstić information content (AvgIpc) is 2.91. The minimum atomic E-state index is -3.17.